The number of nitro groups is 1. The molecule has 0 spiro atoms. The van der Waals surface area contributed by atoms with Gasteiger partial charge in [-0.15, -0.1) is 0 Å². The van der Waals surface area contributed by atoms with Gasteiger partial charge in [0.05, 0.1) is 27.5 Å². The van der Waals surface area contributed by atoms with Gasteiger partial charge >= 0.3 is 0 Å². The van der Waals surface area contributed by atoms with Crippen LogP contribution in [0.15, 0.2) is 30.5 Å². The smallest absolute Gasteiger partial charge is 0.278 e. The largest absolute Gasteiger partial charge is 0.368 e. The van der Waals surface area contributed by atoms with E-state index in [1.807, 2.05) is 4.90 Å². The van der Waals surface area contributed by atoms with Crippen molar-refractivity contribution in [1.29, 1.82) is 0 Å². The highest BCUT2D eigenvalue weighted by Gasteiger charge is 2.24. The van der Waals surface area contributed by atoms with E-state index in [2.05, 4.69) is 4.98 Å². The normalized spacial score (nSPS) is 17.8. The summed E-state index contributed by atoms with van der Waals surface area (Å²) < 4.78 is 23.0. The average molecular weight is 307 g/mol. The predicted octanol–water partition coefficient (Wildman–Crippen LogP) is 1.38. The zero-order chi connectivity index (χ0) is 15.0. The van der Waals surface area contributed by atoms with Crippen LogP contribution in [0, 0.1) is 10.1 Å². The highest BCUT2D eigenvalue weighted by atomic mass is 32.2. The quantitative estimate of drug-likeness (QED) is 0.614. The molecule has 0 bridgehead atoms. The zero-order valence-electron chi connectivity index (χ0n) is 11.1. The number of nitro benzene ring substituents is 1. The van der Waals surface area contributed by atoms with Crippen molar-refractivity contribution in [2.24, 2.45) is 0 Å². The Morgan fingerprint density at radius 1 is 1.19 bits per heavy atom. The standard InChI is InChI=1S/C13H13N3O4S/c17-16(18)11-3-4-12(13-10(11)2-1-5-14-13)15-6-8-21(19,20)9-7-15/h1-5H,6-9H2. The topological polar surface area (TPSA) is 93.4 Å². The lowest BCUT2D eigenvalue weighted by atomic mass is 10.1. The first kappa shape index (κ1) is 13.7. The first-order chi connectivity index (χ1) is 9.98. The van der Waals surface area contributed by atoms with Crippen LogP contribution >= 0.6 is 0 Å². The van der Waals surface area contributed by atoms with E-state index in [1.54, 1.807) is 24.4 Å². The summed E-state index contributed by atoms with van der Waals surface area (Å²) in [4.78, 5) is 16.8. The summed E-state index contributed by atoms with van der Waals surface area (Å²) in [5.41, 5.74) is 1.28. The van der Waals surface area contributed by atoms with E-state index in [0.29, 0.717) is 24.0 Å². The van der Waals surface area contributed by atoms with Gasteiger partial charge < -0.3 is 4.90 Å². The molecule has 21 heavy (non-hydrogen) atoms. The molecule has 3 rings (SSSR count). The van der Waals surface area contributed by atoms with E-state index in [1.165, 1.54) is 6.07 Å². The second kappa shape index (κ2) is 4.96. The maximum Gasteiger partial charge on any atom is 0.278 e. The molecule has 1 fully saturated rings. The van der Waals surface area contributed by atoms with Crippen molar-refractivity contribution in [3.8, 4) is 0 Å². The average Bonchev–Trinajstić information content (AvgIpc) is 2.46. The number of hydrogen-bond donors (Lipinski definition) is 0. The van der Waals surface area contributed by atoms with Crippen LogP contribution in [0.4, 0.5) is 11.4 Å². The highest BCUT2D eigenvalue weighted by molar-refractivity contribution is 7.91. The summed E-state index contributed by atoms with van der Waals surface area (Å²) in [6, 6.07) is 6.40. The molecule has 1 saturated heterocycles. The van der Waals surface area contributed by atoms with E-state index >= 15 is 0 Å². The Morgan fingerprint density at radius 3 is 2.57 bits per heavy atom. The van der Waals surface area contributed by atoms with Crippen LogP contribution in [-0.2, 0) is 9.84 Å². The van der Waals surface area contributed by atoms with E-state index < -0.39 is 14.8 Å². The van der Waals surface area contributed by atoms with Crippen molar-refractivity contribution in [3.05, 3.63) is 40.6 Å². The molecular weight excluding hydrogens is 294 g/mol. The number of pyridine rings is 1. The minimum atomic E-state index is -2.97. The van der Waals surface area contributed by atoms with E-state index in [-0.39, 0.29) is 17.2 Å². The minimum absolute atomic E-state index is 0.00600. The van der Waals surface area contributed by atoms with Gasteiger partial charge in [0.1, 0.15) is 5.52 Å². The molecule has 1 aliphatic rings. The lowest BCUT2D eigenvalue weighted by molar-refractivity contribution is -0.383. The van der Waals surface area contributed by atoms with Gasteiger partial charge in [0.25, 0.3) is 5.69 Å². The first-order valence-corrected chi connectivity index (χ1v) is 8.27. The Balaban J connectivity index is 2.08. The van der Waals surface area contributed by atoms with Crippen molar-refractivity contribution >= 4 is 32.1 Å². The van der Waals surface area contributed by atoms with Gasteiger partial charge in [0.15, 0.2) is 9.84 Å². The first-order valence-electron chi connectivity index (χ1n) is 6.45. The fraction of sp³-hybridized carbons (Fsp3) is 0.308. The molecule has 0 amide bonds. The van der Waals surface area contributed by atoms with Crippen molar-refractivity contribution in [1.82, 2.24) is 4.98 Å². The Labute approximate surface area is 121 Å². The summed E-state index contributed by atoms with van der Waals surface area (Å²) >= 11 is 0. The lowest BCUT2D eigenvalue weighted by Gasteiger charge is -2.29. The fourth-order valence-electron chi connectivity index (χ4n) is 2.51. The number of hydrogen-bond acceptors (Lipinski definition) is 6. The van der Waals surface area contributed by atoms with Gasteiger partial charge in [0.2, 0.25) is 0 Å². The van der Waals surface area contributed by atoms with Crippen LogP contribution in [0.3, 0.4) is 0 Å². The van der Waals surface area contributed by atoms with Gasteiger partial charge in [-0.3, -0.25) is 15.1 Å². The number of sulfone groups is 1. The third-order valence-corrected chi connectivity index (χ3v) is 5.22. The van der Waals surface area contributed by atoms with Crippen LogP contribution in [0.2, 0.25) is 0 Å². The third-order valence-electron chi connectivity index (χ3n) is 3.61. The summed E-state index contributed by atoms with van der Waals surface area (Å²) in [5.74, 6) is 0.191. The van der Waals surface area contributed by atoms with Crippen LogP contribution < -0.4 is 4.90 Å². The van der Waals surface area contributed by atoms with E-state index in [0.717, 1.165) is 5.69 Å². The third kappa shape index (κ3) is 2.54. The number of nitrogens with zero attached hydrogens (tertiary/aromatic N) is 3. The maximum absolute atomic E-state index is 11.5. The van der Waals surface area contributed by atoms with Crippen LogP contribution in [0.1, 0.15) is 0 Å². The van der Waals surface area contributed by atoms with Crippen molar-refractivity contribution in [3.63, 3.8) is 0 Å². The molecule has 0 unspecified atom stereocenters. The molecule has 2 aromatic rings. The molecule has 0 aliphatic carbocycles. The van der Waals surface area contributed by atoms with Crippen molar-refractivity contribution in [2.75, 3.05) is 29.5 Å². The minimum Gasteiger partial charge on any atom is -0.368 e. The number of non-ortho nitro benzene ring substituents is 1. The number of aromatic nitrogens is 1. The van der Waals surface area contributed by atoms with Crippen LogP contribution in [0.25, 0.3) is 10.9 Å². The van der Waals surface area contributed by atoms with Crippen LogP contribution in [0.5, 0.6) is 0 Å². The summed E-state index contributed by atoms with van der Waals surface area (Å²) in [5, 5.41) is 11.5. The van der Waals surface area contributed by atoms with Crippen molar-refractivity contribution in [2.45, 2.75) is 0 Å². The summed E-state index contributed by atoms with van der Waals surface area (Å²) in [6.07, 6.45) is 1.58. The Hall–Kier alpha value is -2.22. The maximum atomic E-state index is 11.5. The Kier molecular flexibility index (Phi) is 3.25. The van der Waals surface area contributed by atoms with E-state index in [9.17, 15) is 18.5 Å². The summed E-state index contributed by atoms with van der Waals surface area (Å²) in [7, 11) is -2.97. The van der Waals surface area contributed by atoms with Crippen LogP contribution in [-0.4, -0.2) is 42.9 Å². The second-order valence-electron chi connectivity index (χ2n) is 4.90. The lowest BCUT2D eigenvalue weighted by Crippen LogP contribution is -2.40. The number of anilines is 1. The predicted molar refractivity (Wildman–Crippen MR) is 79.3 cm³/mol. The fourth-order valence-corrected chi connectivity index (χ4v) is 3.71. The monoisotopic (exact) mass is 307 g/mol. The van der Waals surface area contributed by atoms with Gasteiger partial charge in [-0.05, 0) is 18.2 Å². The number of fused-ring (bicyclic) bond motifs is 1. The molecule has 0 atom stereocenters. The molecule has 1 aromatic heterocycles. The number of rotatable bonds is 2. The molecule has 110 valence electrons. The molecular formula is C13H13N3O4S. The molecule has 7 nitrogen and oxygen atoms in total. The highest BCUT2D eigenvalue weighted by Crippen LogP contribution is 2.32. The summed E-state index contributed by atoms with van der Waals surface area (Å²) in [6.45, 7) is 0.762. The molecule has 2 heterocycles. The molecule has 1 aliphatic heterocycles. The molecule has 0 radical (unpaired) electrons. The number of benzene rings is 1. The van der Waals surface area contributed by atoms with Gasteiger partial charge in [-0.1, -0.05) is 0 Å². The van der Waals surface area contributed by atoms with Crippen molar-refractivity contribution < 1.29 is 13.3 Å². The second-order valence-corrected chi connectivity index (χ2v) is 7.20. The Bertz CT molecular complexity index is 805. The molecule has 0 N–H and O–H groups in total. The zero-order valence-corrected chi connectivity index (χ0v) is 11.9. The SMILES string of the molecule is O=[N+]([O-])c1ccc(N2CCS(=O)(=O)CC2)c2ncccc12. The molecule has 1 aromatic carbocycles. The van der Waals surface area contributed by atoms with Gasteiger partial charge in [-0.25, -0.2) is 8.42 Å². The molecule has 0 saturated carbocycles. The molecule has 8 heteroatoms. The van der Waals surface area contributed by atoms with Gasteiger partial charge in [0, 0.05) is 25.4 Å². The van der Waals surface area contributed by atoms with Gasteiger partial charge in [-0.2, -0.15) is 0 Å². The Morgan fingerprint density at radius 2 is 1.90 bits per heavy atom. The van der Waals surface area contributed by atoms with E-state index in [4.69, 9.17) is 0 Å².